The van der Waals surface area contributed by atoms with Crippen molar-refractivity contribution < 1.29 is 5.11 Å². The molecule has 0 aliphatic carbocycles. The second-order valence-corrected chi connectivity index (χ2v) is 5.96. The van der Waals surface area contributed by atoms with Gasteiger partial charge in [0.2, 0.25) is 0 Å². The minimum atomic E-state index is 0.333. The van der Waals surface area contributed by atoms with Crippen LogP contribution < -0.4 is 5.32 Å². The van der Waals surface area contributed by atoms with E-state index in [1.165, 1.54) is 25.1 Å². The van der Waals surface area contributed by atoms with E-state index >= 15 is 0 Å². The number of aromatic hydroxyl groups is 1. The van der Waals surface area contributed by atoms with E-state index in [0.717, 1.165) is 12.5 Å². The maximum Gasteiger partial charge on any atom is 0.115 e. The lowest BCUT2D eigenvalue weighted by Crippen LogP contribution is -2.31. The summed E-state index contributed by atoms with van der Waals surface area (Å²) in [6.45, 7) is 10.3. The average Bonchev–Trinajstić information content (AvgIpc) is 2.86. The van der Waals surface area contributed by atoms with Crippen molar-refractivity contribution in [3.05, 3.63) is 29.8 Å². The molecule has 0 amide bonds. The van der Waals surface area contributed by atoms with Gasteiger partial charge in [-0.25, -0.2) is 0 Å². The van der Waals surface area contributed by atoms with Gasteiger partial charge < -0.3 is 15.3 Å². The minimum absolute atomic E-state index is 0.333. The zero-order valence-corrected chi connectivity index (χ0v) is 12.3. The first-order chi connectivity index (χ1) is 9.06. The third kappa shape index (κ3) is 3.95. The monoisotopic (exact) mass is 262 g/mol. The number of phenolic OH excluding ortho intramolecular Hbond substituents is 1. The Morgan fingerprint density at radius 1 is 1.26 bits per heavy atom. The number of benzene rings is 1. The van der Waals surface area contributed by atoms with Crippen molar-refractivity contribution in [2.75, 3.05) is 19.6 Å². The normalized spacial score (nSPS) is 22.0. The van der Waals surface area contributed by atoms with Gasteiger partial charge in [0.15, 0.2) is 0 Å². The predicted octanol–water partition coefficient (Wildman–Crippen LogP) is 2.77. The van der Waals surface area contributed by atoms with Gasteiger partial charge in [-0.1, -0.05) is 12.1 Å². The SMILES string of the molecule is CC(NCC1CCN(C(C)C)C1)c1ccc(O)cc1. The lowest BCUT2D eigenvalue weighted by molar-refractivity contribution is 0.263. The first-order valence-corrected chi connectivity index (χ1v) is 7.32. The van der Waals surface area contributed by atoms with Crippen molar-refractivity contribution >= 4 is 0 Å². The molecule has 1 aromatic rings. The molecule has 1 aliphatic rings. The minimum Gasteiger partial charge on any atom is -0.508 e. The van der Waals surface area contributed by atoms with Gasteiger partial charge in [-0.15, -0.1) is 0 Å². The number of likely N-dealkylation sites (tertiary alicyclic amines) is 1. The van der Waals surface area contributed by atoms with Gasteiger partial charge >= 0.3 is 0 Å². The second-order valence-electron chi connectivity index (χ2n) is 5.96. The Kier molecular flexibility index (Phi) is 4.83. The summed E-state index contributed by atoms with van der Waals surface area (Å²) < 4.78 is 0. The molecule has 2 unspecified atom stereocenters. The number of rotatable bonds is 5. The zero-order valence-electron chi connectivity index (χ0n) is 12.3. The van der Waals surface area contributed by atoms with E-state index in [1.54, 1.807) is 12.1 Å². The molecule has 2 N–H and O–H groups in total. The van der Waals surface area contributed by atoms with E-state index in [4.69, 9.17) is 0 Å². The van der Waals surface area contributed by atoms with Crippen LogP contribution in [0.2, 0.25) is 0 Å². The van der Waals surface area contributed by atoms with Gasteiger partial charge in [-0.05, 0) is 63.9 Å². The molecule has 19 heavy (non-hydrogen) atoms. The maximum atomic E-state index is 9.30. The van der Waals surface area contributed by atoms with Gasteiger partial charge in [0.05, 0.1) is 0 Å². The summed E-state index contributed by atoms with van der Waals surface area (Å²) in [5, 5.41) is 12.9. The number of nitrogens with one attached hydrogen (secondary N) is 1. The maximum absolute atomic E-state index is 9.30. The molecule has 1 fully saturated rings. The fraction of sp³-hybridized carbons (Fsp3) is 0.625. The van der Waals surface area contributed by atoms with Crippen molar-refractivity contribution in [3.8, 4) is 5.75 Å². The Hall–Kier alpha value is -1.06. The van der Waals surface area contributed by atoms with Crippen LogP contribution in [0.25, 0.3) is 0 Å². The smallest absolute Gasteiger partial charge is 0.115 e. The first kappa shape index (κ1) is 14.4. The first-order valence-electron chi connectivity index (χ1n) is 7.32. The van der Waals surface area contributed by atoms with Gasteiger partial charge in [0.25, 0.3) is 0 Å². The van der Waals surface area contributed by atoms with Crippen LogP contribution in [-0.2, 0) is 0 Å². The molecule has 1 saturated heterocycles. The summed E-state index contributed by atoms with van der Waals surface area (Å²) in [7, 11) is 0. The highest BCUT2D eigenvalue weighted by Gasteiger charge is 2.24. The van der Waals surface area contributed by atoms with Crippen molar-refractivity contribution in [2.24, 2.45) is 5.92 Å². The Labute approximate surface area is 116 Å². The largest absolute Gasteiger partial charge is 0.508 e. The average molecular weight is 262 g/mol. The van der Waals surface area contributed by atoms with Crippen LogP contribution >= 0.6 is 0 Å². The number of nitrogens with zero attached hydrogens (tertiary/aromatic N) is 1. The van der Waals surface area contributed by atoms with E-state index < -0.39 is 0 Å². The van der Waals surface area contributed by atoms with E-state index in [9.17, 15) is 5.11 Å². The predicted molar refractivity (Wildman–Crippen MR) is 79.3 cm³/mol. The van der Waals surface area contributed by atoms with E-state index in [1.807, 2.05) is 12.1 Å². The van der Waals surface area contributed by atoms with Gasteiger partial charge in [-0.3, -0.25) is 0 Å². The molecule has 1 aliphatic heterocycles. The lowest BCUT2D eigenvalue weighted by atomic mass is 10.1. The van der Waals surface area contributed by atoms with Crippen LogP contribution in [0.4, 0.5) is 0 Å². The van der Waals surface area contributed by atoms with Crippen LogP contribution in [-0.4, -0.2) is 35.7 Å². The van der Waals surface area contributed by atoms with Crippen LogP contribution in [0.5, 0.6) is 5.75 Å². The Balaban J connectivity index is 1.78. The molecular formula is C16H26N2O. The van der Waals surface area contributed by atoms with Crippen molar-refractivity contribution in [1.82, 2.24) is 10.2 Å². The summed E-state index contributed by atoms with van der Waals surface area (Å²) in [5.41, 5.74) is 1.23. The second kappa shape index (κ2) is 6.40. The molecule has 0 radical (unpaired) electrons. The molecule has 106 valence electrons. The molecule has 0 spiro atoms. The highest BCUT2D eigenvalue weighted by atomic mass is 16.3. The van der Waals surface area contributed by atoms with Gasteiger partial charge in [0, 0.05) is 18.6 Å². The van der Waals surface area contributed by atoms with Gasteiger partial charge in [-0.2, -0.15) is 0 Å². The summed E-state index contributed by atoms with van der Waals surface area (Å²) in [5.74, 6) is 1.10. The molecule has 0 aromatic heterocycles. The van der Waals surface area contributed by atoms with Crippen LogP contribution in [0.15, 0.2) is 24.3 Å². The molecule has 3 nitrogen and oxygen atoms in total. The summed E-state index contributed by atoms with van der Waals surface area (Å²) in [6.07, 6.45) is 1.30. The van der Waals surface area contributed by atoms with Crippen molar-refractivity contribution in [3.63, 3.8) is 0 Å². The van der Waals surface area contributed by atoms with Crippen LogP contribution in [0.3, 0.4) is 0 Å². The molecule has 3 heteroatoms. The summed E-state index contributed by atoms with van der Waals surface area (Å²) in [4.78, 5) is 2.55. The number of phenols is 1. The molecule has 1 heterocycles. The molecule has 1 aromatic carbocycles. The molecule has 2 rings (SSSR count). The van der Waals surface area contributed by atoms with Crippen LogP contribution in [0.1, 0.15) is 38.8 Å². The van der Waals surface area contributed by atoms with Crippen molar-refractivity contribution in [1.29, 1.82) is 0 Å². The quantitative estimate of drug-likeness (QED) is 0.856. The van der Waals surface area contributed by atoms with Crippen molar-refractivity contribution in [2.45, 2.75) is 39.3 Å². The van der Waals surface area contributed by atoms with E-state index in [2.05, 4.69) is 31.0 Å². The summed E-state index contributed by atoms with van der Waals surface area (Å²) in [6, 6.07) is 8.49. The number of hydrogen-bond donors (Lipinski definition) is 2. The molecular weight excluding hydrogens is 236 g/mol. The molecule has 0 bridgehead atoms. The Morgan fingerprint density at radius 3 is 2.53 bits per heavy atom. The standard InChI is InChI=1S/C16H26N2O/c1-12(2)18-9-8-14(11-18)10-17-13(3)15-4-6-16(19)7-5-15/h4-7,12-14,17,19H,8-11H2,1-3H3. The van der Waals surface area contributed by atoms with Gasteiger partial charge in [0.1, 0.15) is 5.75 Å². The fourth-order valence-electron chi connectivity index (χ4n) is 2.72. The topological polar surface area (TPSA) is 35.5 Å². The number of hydrogen-bond acceptors (Lipinski definition) is 3. The fourth-order valence-corrected chi connectivity index (χ4v) is 2.72. The molecule has 2 atom stereocenters. The third-order valence-electron chi connectivity index (χ3n) is 4.15. The Bertz CT molecular complexity index is 388. The molecule has 0 saturated carbocycles. The Morgan fingerprint density at radius 2 is 1.95 bits per heavy atom. The van der Waals surface area contributed by atoms with E-state index in [0.29, 0.717) is 17.8 Å². The lowest BCUT2D eigenvalue weighted by Gasteiger charge is -2.21. The third-order valence-corrected chi connectivity index (χ3v) is 4.15. The van der Waals surface area contributed by atoms with Crippen LogP contribution in [0, 0.1) is 5.92 Å². The zero-order chi connectivity index (χ0) is 13.8. The highest BCUT2D eigenvalue weighted by Crippen LogP contribution is 2.20. The van der Waals surface area contributed by atoms with E-state index in [-0.39, 0.29) is 0 Å². The summed E-state index contributed by atoms with van der Waals surface area (Å²) >= 11 is 0. The highest BCUT2D eigenvalue weighted by molar-refractivity contribution is 5.27.